The van der Waals surface area contributed by atoms with Gasteiger partial charge in [-0.15, -0.1) is 0 Å². The minimum Gasteiger partial charge on any atom is -0.489 e. The first kappa shape index (κ1) is 21.9. The first-order valence-electron chi connectivity index (χ1n) is 9.03. The van der Waals surface area contributed by atoms with Crippen molar-refractivity contribution in [3.63, 3.8) is 0 Å². The van der Waals surface area contributed by atoms with Crippen molar-refractivity contribution in [3.05, 3.63) is 64.9 Å². The summed E-state index contributed by atoms with van der Waals surface area (Å²) in [6.45, 7) is 4.13. The Hall–Kier alpha value is -3.36. The first-order valence-corrected chi connectivity index (χ1v) is 9.03. The molecular formula is C21H28N6O2. The van der Waals surface area contributed by atoms with Gasteiger partial charge in [0.15, 0.2) is 0 Å². The molecule has 0 saturated carbocycles. The van der Waals surface area contributed by atoms with E-state index in [0.717, 1.165) is 43.6 Å². The van der Waals surface area contributed by atoms with Crippen LogP contribution < -0.4 is 27.2 Å². The van der Waals surface area contributed by atoms with E-state index in [4.69, 9.17) is 22.2 Å². The van der Waals surface area contributed by atoms with E-state index in [1.165, 1.54) is 13.2 Å². The zero-order valence-corrected chi connectivity index (χ0v) is 17.2. The van der Waals surface area contributed by atoms with Crippen molar-refractivity contribution >= 4 is 23.5 Å². The molecule has 0 bridgehead atoms. The Morgan fingerprint density at radius 1 is 1.17 bits per heavy atom. The molecule has 0 heterocycles. The maximum atomic E-state index is 12.2. The molecular weight excluding hydrogens is 368 g/mol. The number of hydrogen-bond acceptors (Lipinski definition) is 6. The van der Waals surface area contributed by atoms with Crippen LogP contribution in [0.2, 0.25) is 0 Å². The van der Waals surface area contributed by atoms with Crippen molar-refractivity contribution < 1.29 is 9.53 Å². The van der Waals surface area contributed by atoms with Crippen LogP contribution in [0.15, 0.2) is 47.6 Å². The lowest BCUT2D eigenvalue weighted by atomic mass is 10.0. The number of allylic oxidation sites excluding steroid dienone is 1. The lowest BCUT2D eigenvalue weighted by Gasteiger charge is -2.24. The zero-order chi connectivity index (χ0) is 21.6. The molecule has 154 valence electrons. The van der Waals surface area contributed by atoms with Crippen molar-refractivity contribution in [2.24, 2.45) is 22.4 Å². The van der Waals surface area contributed by atoms with Gasteiger partial charge in [-0.2, -0.15) is 0 Å². The summed E-state index contributed by atoms with van der Waals surface area (Å²) >= 11 is 0. The highest BCUT2D eigenvalue weighted by Crippen LogP contribution is 2.27. The van der Waals surface area contributed by atoms with E-state index < -0.39 is 6.03 Å². The van der Waals surface area contributed by atoms with Gasteiger partial charge in [-0.1, -0.05) is 18.2 Å². The van der Waals surface area contributed by atoms with Gasteiger partial charge >= 0.3 is 6.03 Å². The fourth-order valence-corrected chi connectivity index (χ4v) is 2.87. The number of aliphatic imine (C=N–C) groups is 1. The lowest BCUT2D eigenvalue weighted by Crippen LogP contribution is -2.49. The van der Waals surface area contributed by atoms with E-state index in [1.807, 2.05) is 44.2 Å². The van der Waals surface area contributed by atoms with Gasteiger partial charge < -0.3 is 10.5 Å². The summed E-state index contributed by atoms with van der Waals surface area (Å²) in [7, 11) is 3.13. The Labute approximate surface area is 171 Å². The van der Waals surface area contributed by atoms with Crippen LogP contribution in [0.5, 0.6) is 5.75 Å². The summed E-state index contributed by atoms with van der Waals surface area (Å²) in [6.07, 6.45) is 3.22. The molecule has 0 saturated heterocycles. The molecule has 2 aromatic carbocycles. The third-order valence-corrected chi connectivity index (χ3v) is 4.48. The Morgan fingerprint density at radius 3 is 2.48 bits per heavy atom. The Kier molecular flexibility index (Phi) is 7.35. The SMILES string of the molecule is CN=CC(=CN)c1ccc(OCc2c(C)cccc2N(N)C(=O)N(C)N)c(C)c1. The monoisotopic (exact) mass is 396 g/mol. The molecule has 8 heteroatoms. The molecule has 0 atom stereocenters. The number of ether oxygens (including phenoxy) is 1. The van der Waals surface area contributed by atoms with Crippen molar-refractivity contribution in [1.82, 2.24) is 5.01 Å². The maximum Gasteiger partial charge on any atom is 0.352 e. The summed E-state index contributed by atoms with van der Waals surface area (Å²) < 4.78 is 6.04. The van der Waals surface area contributed by atoms with E-state index in [2.05, 4.69) is 4.99 Å². The lowest BCUT2D eigenvalue weighted by molar-refractivity contribution is 0.216. The van der Waals surface area contributed by atoms with Crippen molar-refractivity contribution in [3.8, 4) is 5.75 Å². The number of benzene rings is 2. The molecule has 0 aliphatic rings. The van der Waals surface area contributed by atoms with Crippen LogP contribution in [0.1, 0.15) is 22.3 Å². The summed E-state index contributed by atoms with van der Waals surface area (Å²) in [5.74, 6) is 12.2. The Morgan fingerprint density at radius 2 is 1.90 bits per heavy atom. The molecule has 6 N–H and O–H groups in total. The van der Waals surface area contributed by atoms with Gasteiger partial charge in [-0.05, 0) is 48.7 Å². The highest BCUT2D eigenvalue weighted by molar-refractivity contribution is 6.09. The number of urea groups is 1. The Balaban J connectivity index is 2.27. The standard InChI is InChI=1S/C21H28N6O2/c1-14-6-5-7-19(27(24)21(28)26(4)23)18(14)13-29-20-9-8-16(10-15(20)2)17(11-22)12-25-3/h5-12H,13,22-24H2,1-4H3. The third kappa shape index (κ3) is 5.13. The second-order valence-corrected chi connectivity index (χ2v) is 6.61. The molecule has 0 aliphatic heterocycles. The molecule has 0 aromatic heterocycles. The van der Waals surface area contributed by atoms with Crippen LogP contribution >= 0.6 is 0 Å². The predicted molar refractivity (Wildman–Crippen MR) is 117 cm³/mol. The van der Waals surface area contributed by atoms with Crippen LogP contribution in [-0.4, -0.2) is 31.3 Å². The van der Waals surface area contributed by atoms with Crippen LogP contribution in [0.3, 0.4) is 0 Å². The highest BCUT2D eigenvalue weighted by atomic mass is 16.5. The minimum absolute atomic E-state index is 0.244. The number of nitrogens with two attached hydrogens (primary N) is 3. The molecule has 0 aliphatic carbocycles. The largest absolute Gasteiger partial charge is 0.489 e. The molecule has 29 heavy (non-hydrogen) atoms. The number of hydrogen-bond donors (Lipinski definition) is 3. The number of anilines is 1. The van der Waals surface area contributed by atoms with Crippen molar-refractivity contribution in [2.45, 2.75) is 20.5 Å². The fraction of sp³-hybridized carbons (Fsp3) is 0.238. The van der Waals surface area contributed by atoms with E-state index in [9.17, 15) is 4.79 Å². The molecule has 0 spiro atoms. The van der Waals surface area contributed by atoms with E-state index in [0.29, 0.717) is 5.69 Å². The highest BCUT2D eigenvalue weighted by Gasteiger charge is 2.19. The number of amides is 2. The van der Waals surface area contributed by atoms with Gasteiger partial charge in [0.25, 0.3) is 0 Å². The number of nitrogens with zero attached hydrogens (tertiary/aromatic N) is 3. The molecule has 0 fully saturated rings. The maximum absolute atomic E-state index is 12.2. The van der Waals surface area contributed by atoms with Gasteiger partial charge in [0.2, 0.25) is 0 Å². The van der Waals surface area contributed by atoms with Gasteiger partial charge in [0.1, 0.15) is 12.4 Å². The van der Waals surface area contributed by atoms with E-state index in [1.54, 1.807) is 19.3 Å². The Bertz CT molecular complexity index is 937. The number of rotatable bonds is 6. The number of aryl methyl sites for hydroxylation is 2. The summed E-state index contributed by atoms with van der Waals surface area (Å²) in [6, 6.07) is 10.8. The average Bonchev–Trinajstić information content (AvgIpc) is 2.70. The molecule has 0 unspecified atom stereocenters. The molecule has 0 radical (unpaired) electrons. The molecule has 2 aromatic rings. The summed E-state index contributed by atoms with van der Waals surface area (Å²) in [5, 5.41) is 1.95. The van der Waals surface area contributed by atoms with Gasteiger partial charge in [-0.25, -0.2) is 21.5 Å². The van der Waals surface area contributed by atoms with Gasteiger partial charge in [0, 0.05) is 37.6 Å². The number of carbonyl (C=O) groups is 1. The fourth-order valence-electron chi connectivity index (χ4n) is 2.87. The summed E-state index contributed by atoms with van der Waals surface area (Å²) in [5.41, 5.74) is 10.7. The van der Waals surface area contributed by atoms with E-state index >= 15 is 0 Å². The average molecular weight is 396 g/mol. The van der Waals surface area contributed by atoms with Gasteiger partial charge in [-0.3, -0.25) is 10.0 Å². The predicted octanol–water partition coefficient (Wildman–Crippen LogP) is 2.49. The topological polar surface area (TPSA) is 123 Å². The van der Waals surface area contributed by atoms with Crippen LogP contribution in [0.25, 0.3) is 5.57 Å². The van der Waals surface area contributed by atoms with Crippen molar-refractivity contribution in [1.29, 1.82) is 0 Å². The first-order chi connectivity index (χ1) is 13.8. The third-order valence-electron chi connectivity index (χ3n) is 4.48. The molecule has 2 rings (SSSR count). The summed E-state index contributed by atoms with van der Waals surface area (Å²) in [4.78, 5) is 16.2. The van der Waals surface area contributed by atoms with Gasteiger partial charge in [0.05, 0.1) is 5.69 Å². The van der Waals surface area contributed by atoms with Crippen LogP contribution in [0.4, 0.5) is 10.5 Å². The molecule has 2 amide bonds. The second-order valence-electron chi connectivity index (χ2n) is 6.61. The normalized spacial score (nSPS) is 11.6. The minimum atomic E-state index is -0.531. The second kappa shape index (κ2) is 9.72. The van der Waals surface area contributed by atoms with E-state index in [-0.39, 0.29) is 6.61 Å². The molecule has 8 nitrogen and oxygen atoms in total. The van der Waals surface area contributed by atoms with Crippen LogP contribution in [0, 0.1) is 13.8 Å². The zero-order valence-electron chi connectivity index (χ0n) is 17.2. The number of hydrazine groups is 2. The van der Waals surface area contributed by atoms with Crippen molar-refractivity contribution in [2.75, 3.05) is 19.1 Å². The number of carbonyl (C=O) groups excluding carboxylic acids is 1. The smallest absolute Gasteiger partial charge is 0.352 e. The quantitative estimate of drug-likeness (QED) is 0.300. The van der Waals surface area contributed by atoms with Crippen LogP contribution in [-0.2, 0) is 6.61 Å².